The SMILES string of the molecule is CCCCCCOc1ccc(-n2ccc(=O)cc2)cc1.O. The van der Waals surface area contributed by atoms with Crippen LogP contribution in [-0.2, 0) is 0 Å². The van der Waals surface area contributed by atoms with Gasteiger partial charge in [0.2, 0.25) is 0 Å². The minimum atomic E-state index is 0. The molecule has 1 aromatic carbocycles. The molecule has 0 aliphatic rings. The maximum absolute atomic E-state index is 11.1. The highest BCUT2D eigenvalue weighted by Crippen LogP contribution is 2.15. The molecule has 4 heteroatoms. The lowest BCUT2D eigenvalue weighted by Gasteiger charge is -2.09. The quantitative estimate of drug-likeness (QED) is 0.736. The Morgan fingerprint density at radius 3 is 2.24 bits per heavy atom. The summed E-state index contributed by atoms with van der Waals surface area (Å²) >= 11 is 0. The van der Waals surface area contributed by atoms with Gasteiger partial charge in [0.1, 0.15) is 5.75 Å². The Morgan fingerprint density at radius 1 is 0.952 bits per heavy atom. The van der Waals surface area contributed by atoms with Gasteiger partial charge >= 0.3 is 0 Å². The Bertz CT molecular complexity index is 555. The van der Waals surface area contributed by atoms with E-state index in [0.29, 0.717) is 0 Å². The molecule has 0 saturated heterocycles. The summed E-state index contributed by atoms with van der Waals surface area (Å²) in [6.45, 7) is 2.98. The number of benzene rings is 1. The molecule has 0 spiro atoms. The van der Waals surface area contributed by atoms with E-state index in [-0.39, 0.29) is 10.9 Å². The summed E-state index contributed by atoms with van der Waals surface area (Å²) in [5.41, 5.74) is 1.04. The summed E-state index contributed by atoms with van der Waals surface area (Å²) in [5, 5.41) is 0. The van der Waals surface area contributed by atoms with Crippen molar-refractivity contribution < 1.29 is 10.2 Å². The summed E-state index contributed by atoms with van der Waals surface area (Å²) in [5.74, 6) is 0.895. The predicted octanol–water partition coefficient (Wildman–Crippen LogP) is 2.97. The molecule has 0 aliphatic carbocycles. The lowest BCUT2D eigenvalue weighted by atomic mass is 10.2. The third-order valence-electron chi connectivity index (χ3n) is 3.20. The van der Waals surface area contributed by atoms with Crippen LogP contribution in [0.3, 0.4) is 0 Å². The molecule has 21 heavy (non-hydrogen) atoms. The maximum Gasteiger partial charge on any atom is 0.181 e. The van der Waals surface area contributed by atoms with Gasteiger partial charge < -0.3 is 14.8 Å². The molecule has 2 N–H and O–H groups in total. The van der Waals surface area contributed by atoms with Crippen LogP contribution in [-0.4, -0.2) is 16.7 Å². The van der Waals surface area contributed by atoms with Gasteiger partial charge in [0.25, 0.3) is 0 Å². The second-order valence-corrected chi connectivity index (χ2v) is 4.84. The molecular weight excluding hydrogens is 266 g/mol. The number of unbranched alkanes of at least 4 members (excludes halogenated alkanes) is 3. The molecule has 4 nitrogen and oxygen atoms in total. The van der Waals surface area contributed by atoms with Crippen LogP contribution in [0.1, 0.15) is 32.6 Å². The zero-order chi connectivity index (χ0) is 14.2. The van der Waals surface area contributed by atoms with Crippen molar-refractivity contribution in [2.24, 2.45) is 0 Å². The van der Waals surface area contributed by atoms with E-state index >= 15 is 0 Å². The van der Waals surface area contributed by atoms with Gasteiger partial charge in [0.15, 0.2) is 5.43 Å². The van der Waals surface area contributed by atoms with E-state index in [4.69, 9.17) is 4.74 Å². The molecule has 1 aromatic heterocycles. The minimum absolute atomic E-state index is 0. The van der Waals surface area contributed by atoms with Crippen LogP contribution < -0.4 is 10.2 Å². The van der Waals surface area contributed by atoms with E-state index in [1.807, 2.05) is 28.8 Å². The molecule has 0 bridgehead atoms. The van der Waals surface area contributed by atoms with E-state index in [0.717, 1.165) is 24.5 Å². The van der Waals surface area contributed by atoms with E-state index in [9.17, 15) is 4.79 Å². The van der Waals surface area contributed by atoms with Gasteiger partial charge in [0, 0.05) is 30.2 Å². The number of ether oxygens (including phenoxy) is 1. The second kappa shape index (κ2) is 8.97. The minimum Gasteiger partial charge on any atom is -0.494 e. The number of hydrogen-bond acceptors (Lipinski definition) is 2. The molecule has 0 saturated carbocycles. The normalized spacial score (nSPS) is 9.95. The Labute approximate surface area is 125 Å². The fourth-order valence-electron chi connectivity index (χ4n) is 2.02. The van der Waals surface area contributed by atoms with Gasteiger partial charge in [-0.05, 0) is 30.7 Å². The van der Waals surface area contributed by atoms with Crippen molar-refractivity contribution >= 4 is 0 Å². The van der Waals surface area contributed by atoms with Crippen LogP contribution in [0.5, 0.6) is 5.75 Å². The zero-order valence-electron chi connectivity index (χ0n) is 12.4. The van der Waals surface area contributed by atoms with Crippen LogP contribution in [0.2, 0.25) is 0 Å². The first-order chi connectivity index (χ1) is 9.79. The Morgan fingerprint density at radius 2 is 1.62 bits per heavy atom. The fourth-order valence-corrected chi connectivity index (χ4v) is 2.02. The standard InChI is InChI=1S/C17H21NO2.H2O/c1-2-3-4-5-14-20-17-8-6-15(7-9-17)18-12-10-16(19)11-13-18;/h6-13H,2-5,14H2,1H3;1H2. The lowest BCUT2D eigenvalue weighted by molar-refractivity contribution is 0.305. The van der Waals surface area contributed by atoms with Gasteiger partial charge in [-0.25, -0.2) is 0 Å². The molecule has 0 aliphatic heterocycles. The highest BCUT2D eigenvalue weighted by atomic mass is 16.5. The molecule has 0 radical (unpaired) electrons. The van der Waals surface area contributed by atoms with Crippen molar-refractivity contribution in [3.8, 4) is 11.4 Å². The average Bonchev–Trinajstić information content (AvgIpc) is 2.49. The molecule has 0 unspecified atom stereocenters. The Hall–Kier alpha value is -2.07. The third kappa shape index (κ3) is 5.44. The average molecular weight is 289 g/mol. The second-order valence-electron chi connectivity index (χ2n) is 4.84. The first-order valence-electron chi connectivity index (χ1n) is 7.21. The van der Waals surface area contributed by atoms with E-state index in [2.05, 4.69) is 6.92 Å². The highest BCUT2D eigenvalue weighted by Gasteiger charge is 1.97. The van der Waals surface area contributed by atoms with E-state index in [1.54, 1.807) is 24.5 Å². The molecular formula is C17H23NO3. The Kier molecular flexibility index (Phi) is 7.26. The number of aromatic nitrogens is 1. The zero-order valence-corrected chi connectivity index (χ0v) is 12.4. The predicted molar refractivity (Wildman–Crippen MR) is 85.3 cm³/mol. The molecule has 0 amide bonds. The maximum atomic E-state index is 11.1. The first-order valence-corrected chi connectivity index (χ1v) is 7.21. The summed E-state index contributed by atoms with van der Waals surface area (Å²) in [6.07, 6.45) is 8.38. The molecule has 1 heterocycles. The monoisotopic (exact) mass is 289 g/mol. The molecule has 0 atom stereocenters. The van der Waals surface area contributed by atoms with Gasteiger partial charge in [-0.15, -0.1) is 0 Å². The van der Waals surface area contributed by atoms with Crippen molar-refractivity contribution in [3.63, 3.8) is 0 Å². The topological polar surface area (TPSA) is 62.7 Å². The van der Waals surface area contributed by atoms with Crippen molar-refractivity contribution in [2.75, 3.05) is 6.61 Å². The molecule has 0 fully saturated rings. The highest BCUT2D eigenvalue weighted by molar-refractivity contribution is 5.37. The van der Waals surface area contributed by atoms with Gasteiger partial charge in [-0.2, -0.15) is 0 Å². The Balaban J connectivity index is 0.00000220. The van der Waals surface area contributed by atoms with Gasteiger partial charge in [-0.3, -0.25) is 4.79 Å². The number of pyridine rings is 1. The summed E-state index contributed by atoms with van der Waals surface area (Å²) in [6, 6.07) is 11.0. The van der Waals surface area contributed by atoms with Crippen LogP contribution >= 0.6 is 0 Å². The van der Waals surface area contributed by atoms with Crippen molar-refractivity contribution in [3.05, 3.63) is 59.0 Å². The smallest absolute Gasteiger partial charge is 0.181 e. The molecule has 2 aromatic rings. The summed E-state index contributed by atoms with van der Waals surface area (Å²) in [7, 11) is 0. The fraction of sp³-hybridized carbons (Fsp3) is 0.353. The third-order valence-corrected chi connectivity index (χ3v) is 3.20. The van der Waals surface area contributed by atoms with Crippen molar-refractivity contribution in [1.82, 2.24) is 4.57 Å². The number of nitrogens with zero attached hydrogens (tertiary/aromatic N) is 1. The van der Waals surface area contributed by atoms with Crippen LogP contribution in [0.4, 0.5) is 0 Å². The van der Waals surface area contributed by atoms with Crippen LogP contribution in [0.15, 0.2) is 53.6 Å². The van der Waals surface area contributed by atoms with Crippen LogP contribution in [0, 0.1) is 0 Å². The largest absolute Gasteiger partial charge is 0.494 e. The summed E-state index contributed by atoms with van der Waals surface area (Å²) < 4.78 is 7.61. The number of rotatable bonds is 7. The molecule has 2 rings (SSSR count). The van der Waals surface area contributed by atoms with E-state index < -0.39 is 0 Å². The van der Waals surface area contributed by atoms with Crippen LogP contribution in [0.25, 0.3) is 5.69 Å². The van der Waals surface area contributed by atoms with Gasteiger partial charge in [0.05, 0.1) is 6.61 Å². The van der Waals surface area contributed by atoms with Crippen molar-refractivity contribution in [2.45, 2.75) is 32.6 Å². The van der Waals surface area contributed by atoms with Gasteiger partial charge in [-0.1, -0.05) is 26.2 Å². The molecule has 114 valence electrons. The lowest BCUT2D eigenvalue weighted by Crippen LogP contribution is -2.02. The first kappa shape index (κ1) is 17.0. The summed E-state index contributed by atoms with van der Waals surface area (Å²) in [4.78, 5) is 11.1. The van der Waals surface area contributed by atoms with Crippen molar-refractivity contribution in [1.29, 1.82) is 0 Å². The van der Waals surface area contributed by atoms with E-state index in [1.165, 1.54) is 19.3 Å². The number of hydrogen-bond donors (Lipinski definition) is 0.